The van der Waals surface area contributed by atoms with E-state index < -0.39 is 13.7 Å². The van der Waals surface area contributed by atoms with Crippen LogP contribution >= 0.6 is 7.82 Å². The van der Waals surface area contributed by atoms with E-state index in [1.54, 1.807) is 6.92 Å². The van der Waals surface area contributed by atoms with Crippen LogP contribution in [0.3, 0.4) is 0 Å². The number of rotatable bonds is 4. The maximum absolute atomic E-state index is 11.7. The van der Waals surface area contributed by atoms with Crippen LogP contribution in [-0.2, 0) is 13.9 Å². The van der Waals surface area contributed by atoms with E-state index in [1.807, 2.05) is 0 Å². The van der Waals surface area contributed by atoms with Crippen LogP contribution in [0.15, 0.2) is 11.8 Å². The third-order valence-electron chi connectivity index (χ3n) is 2.37. The van der Waals surface area contributed by atoms with E-state index in [-0.39, 0.29) is 26.4 Å². The molecule has 0 aromatic heterocycles. The van der Waals surface area contributed by atoms with E-state index >= 15 is 0 Å². The van der Waals surface area contributed by atoms with Gasteiger partial charge in [-0.05, 0) is 18.7 Å². The van der Waals surface area contributed by atoms with Gasteiger partial charge >= 0.3 is 9.25 Å². The third kappa shape index (κ3) is 3.40. The number of nitrogens with two attached hydrogens (primary N) is 1. The minimum atomic E-state index is -4.53. The Bertz CT molecular complexity index is 356. The predicted molar refractivity (Wildman–Crippen MR) is 57.3 cm³/mol. The summed E-state index contributed by atoms with van der Waals surface area (Å²) in [6.07, 6.45) is 1.53. The van der Waals surface area contributed by atoms with Gasteiger partial charge in [0, 0.05) is 6.54 Å². The van der Waals surface area contributed by atoms with Gasteiger partial charge in [0.25, 0.3) is 0 Å². The average Bonchev–Trinajstić information content (AvgIpc) is 2.18. The van der Waals surface area contributed by atoms with E-state index in [2.05, 4.69) is 9.84 Å². The molecule has 0 aromatic rings. The largest absolute Gasteiger partial charge is 1.00 e. The van der Waals surface area contributed by atoms with Crippen molar-refractivity contribution >= 4 is 13.6 Å². The molecule has 0 spiro atoms. The molecule has 0 radical (unpaired) electrons. The highest BCUT2D eigenvalue weighted by Gasteiger charge is 2.30. The topological polar surface area (TPSA) is 122 Å². The van der Waals surface area contributed by atoms with Crippen LogP contribution in [0.5, 0.6) is 0 Å². The summed E-state index contributed by atoms with van der Waals surface area (Å²) < 4.78 is 14.9. The lowest BCUT2D eigenvalue weighted by Crippen LogP contribution is -2.44. The van der Waals surface area contributed by atoms with Gasteiger partial charge in [-0.1, -0.05) is 0 Å². The maximum Gasteiger partial charge on any atom is 1.00 e. The van der Waals surface area contributed by atoms with Gasteiger partial charge in [-0.2, -0.15) is 0 Å². The van der Waals surface area contributed by atoms with E-state index in [0.717, 1.165) is 0 Å². The summed E-state index contributed by atoms with van der Waals surface area (Å²) in [7, 11) is -4.53. The number of Topliss-reactive ketones (excluding diaryl/α,β-unsaturated/α-hetero) is 1. The van der Waals surface area contributed by atoms with Crippen LogP contribution in [-0.4, -0.2) is 34.8 Å². The minimum absolute atomic E-state index is 0. The molecule has 2 atom stereocenters. The second-order valence-corrected chi connectivity index (χ2v) is 4.80. The first-order valence-electron chi connectivity index (χ1n) is 4.74. The Morgan fingerprint density at radius 2 is 2.31 bits per heavy atom. The quantitative estimate of drug-likeness (QED) is 0.484. The van der Waals surface area contributed by atoms with Crippen molar-refractivity contribution in [1.29, 1.82) is 0 Å². The SMILES string of the molecule is CC1NC=C(COP(=O)(O)O)C(CN)C1=O.[H+]. The predicted octanol–water partition coefficient (Wildman–Crippen LogP) is -0.772. The third-order valence-corrected chi connectivity index (χ3v) is 2.84. The Hall–Kier alpha value is -0.720. The summed E-state index contributed by atoms with van der Waals surface area (Å²) >= 11 is 0. The first kappa shape index (κ1) is 13.3. The number of hydrogen-bond acceptors (Lipinski definition) is 5. The van der Waals surface area contributed by atoms with Crippen LogP contribution in [0.1, 0.15) is 8.35 Å². The molecule has 1 heterocycles. The summed E-state index contributed by atoms with van der Waals surface area (Å²) in [4.78, 5) is 28.8. The van der Waals surface area contributed by atoms with Gasteiger partial charge < -0.3 is 20.8 Å². The molecule has 0 aliphatic carbocycles. The minimum Gasteiger partial charge on any atom is -0.381 e. The second kappa shape index (κ2) is 5.07. The molecular formula is C8H16N2O5P+. The fraction of sp³-hybridized carbons (Fsp3) is 0.625. The molecule has 0 saturated carbocycles. The number of phosphoric ester groups is 1. The van der Waals surface area contributed by atoms with Crippen molar-refractivity contribution in [2.75, 3.05) is 13.2 Å². The Morgan fingerprint density at radius 1 is 1.69 bits per heavy atom. The molecular weight excluding hydrogens is 235 g/mol. The highest BCUT2D eigenvalue weighted by Crippen LogP contribution is 2.37. The number of phosphoric acid groups is 1. The molecule has 0 amide bonds. The lowest BCUT2D eigenvalue weighted by Gasteiger charge is -2.27. The number of ketones is 1. The zero-order chi connectivity index (χ0) is 12.3. The van der Waals surface area contributed by atoms with Crippen molar-refractivity contribution < 1.29 is 25.1 Å². The molecule has 1 aliphatic heterocycles. The van der Waals surface area contributed by atoms with Crippen molar-refractivity contribution in [2.24, 2.45) is 11.7 Å². The fourth-order valence-corrected chi connectivity index (χ4v) is 1.78. The zero-order valence-corrected chi connectivity index (χ0v) is 9.68. The molecule has 2 unspecified atom stereocenters. The molecule has 0 aromatic carbocycles. The number of nitrogens with one attached hydrogen (secondary N) is 1. The first-order valence-corrected chi connectivity index (χ1v) is 6.27. The molecule has 16 heavy (non-hydrogen) atoms. The van der Waals surface area contributed by atoms with Gasteiger partial charge in [0.15, 0.2) is 5.78 Å². The van der Waals surface area contributed by atoms with Crippen LogP contribution in [0.25, 0.3) is 0 Å². The van der Waals surface area contributed by atoms with Crippen LogP contribution in [0.4, 0.5) is 0 Å². The Morgan fingerprint density at radius 3 is 2.81 bits per heavy atom. The van der Waals surface area contributed by atoms with E-state index in [0.29, 0.717) is 5.57 Å². The lowest BCUT2D eigenvalue weighted by molar-refractivity contribution is -0.123. The lowest BCUT2D eigenvalue weighted by atomic mass is 9.89. The standard InChI is InChI=1S/C8H15N2O5P/c1-5-8(11)7(2-9)6(3-10-5)4-15-16(12,13)14/h3,5,7,10H,2,4,9H2,1H3,(H2,12,13,14)/p+1. The Labute approximate surface area is 94.4 Å². The molecule has 0 saturated heterocycles. The first-order chi connectivity index (χ1) is 7.35. The molecule has 1 rings (SSSR count). The Balaban J connectivity index is 0.00000256. The maximum atomic E-state index is 11.7. The molecule has 7 nitrogen and oxygen atoms in total. The molecule has 92 valence electrons. The van der Waals surface area contributed by atoms with Gasteiger partial charge in [0.05, 0.1) is 18.6 Å². The summed E-state index contributed by atoms with van der Waals surface area (Å²) in [6.45, 7) is 1.49. The van der Waals surface area contributed by atoms with Crippen molar-refractivity contribution in [2.45, 2.75) is 13.0 Å². The summed E-state index contributed by atoms with van der Waals surface area (Å²) in [5, 5.41) is 2.78. The van der Waals surface area contributed by atoms with Crippen LogP contribution in [0.2, 0.25) is 0 Å². The molecule has 0 fully saturated rings. The molecule has 0 bridgehead atoms. The van der Waals surface area contributed by atoms with Gasteiger partial charge in [-0.3, -0.25) is 9.32 Å². The number of carbonyl (C=O) groups excluding carboxylic acids is 1. The molecule has 1 aliphatic rings. The van der Waals surface area contributed by atoms with Gasteiger partial charge in [-0.25, -0.2) is 4.57 Å². The van der Waals surface area contributed by atoms with Crippen molar-refractivity contribution in [3.63, 3.8) is 0 Å². The van der Waals surface area contributed by atoms with Crippen LogP contribution in [0, 0.1) is 5.92 Å². The average molecular weight is 251 g/mol. The van der Waals surface area contributed by atoms with E-state index in [4.69, 9.17) is 15.5 Å². The monoisotopic (exact) mass is 251 g/mol. The molecule has 8 heteroatoms. The number of carbonyl (C=O) groups is 1. The summed E-state index contributed by atoms with van der Waals surface area (Å²) in [5.41, 5.74) is 5.90. The molecule has 5 N–H and O–H groups in total. The Kier molecular flexibility index (Phi) is 4.23. The van der Waals surface area contributed by atoms with Crippen molar-refractivity contribution in [1.82, 2.24) is 5.32 Å². The van der Waals surface area contributed by atoms with Crippen molar-refractivity contribution in [3.05, 3.63) is 11.8 Å². The van der Waals surface area contributed by atoms with Crippen LogP contribution < -0.4 is 11.1 Å². The zero-order valence-electron chi connectivity index (χ0n) is 9.79. The highest BCUT2D eigenvalue weighted by atomic mass is 31.2. The van der Waals surface area contributed by atoms with Gasteiger partial charge in [-0.15, -0.1) is 0 Å². The highest BCUT2D eigenvalue weighted by molar-refractivity contribution is 7.46. The van der Waals surface area contributed by atoms with Crippen molar-refractivity contribution in [3.8, 4) is 0 Å². The summed E-state index contributed by atoms with van der Waals surface area (Å²) in [5.74, 6) is -0.642. The normalized spacial score (nSPS) is 26.2. The van der Waals surface area contributed by atoms with E-state index in [1.165, 1.54) is 6.20 Å². The van der Waals surface area contributed by atoms with Gasteiger partial charge in [0.1, 0.15) is 0 Å². The van der Waals surface area contributed by atoms with E-state index in [9.17, 15) is 9.36 Å². The number of hydrogen-bond donors (Lipinski definition) is 4. The smallest absolute Gasteiger partial charge is 0.381 e. The second-order valence-electron chi connectivity index (χ2n) is 3.56. The van der Waals surface area contributed by atoms with Gasteiger partial charge in [0.2, 0.25) is 0 Å². The fourth-order valence-electron chi connectivity index (χ4n) is 1.47. The summed E-state index contributed by atoms with van der Waals surface area (Å²) in [6, 6.07) is -0.340.